The Balaban J connectivity index is 2.47. The SMILES string of the molecule is CCOC(CN)COc1cccc(CSC)c1. The van der Waals surface area contributed by atoms with Crippen molar-refractivity contribution in [2.24, 2.45) is 5.73 Å². The van der Waals surface area contributed by atoms with E-state index in [4.69, 9.17) is 15.2 Å². The highest BCUT2D eigenvalue weighted by atomic mass is 32.2. The highest BCUT2D eigenvalue weighted by Crippen LogP contribution is 2.17. The second-order valence-electron chi connectivity index (χ2n) is 3.70. The third-order valence-electron chi connectivity index (χ3n) is 2.31. The summed E-state index contributed by atoms with van der Waals surface area (Å²) >= 11 is 1.80. The molecule has 2 N–H and O–H groups in total. The zero-order valence-electron chi connectivity index (χ0n) is 10.5. The van der Waals surface area contributed by atoms with Gasteiger partial charge in [0.15, 0.2) is 0 Å². The van der Waals surface area contributed by atoms with Gasteiger partial charge in [0.2, 0.25) is 0 Å². The van der Waals surface area contributed by atoms with Crippen LogP contribution in [0.4, 0.5) is 0 Å². The van der Waals surface area contributed by atoms with Gasteiger partial charge in [-0.05, 0) is 30.9 Å². The van der Waals surface area contributed by atoms with E-state index in [-0.39, 0.29) is 6.10 Å². The van der Waals surface area contributed by atoms with E-state index < -0.39 is 0 Å². The molecule has 0 heterocycles. The first-order chi connectivity index (χ1) is 8.30. The molecule has 0 radical (unpaired) electrons. The molecule has 1 atom stereocenters. The average Bonchev–Trinajstić information content (AvgIpc) is 2.35. The van der Waals surface area contributed by atoms with Crippen LogP contribution in [0.5, 0.6) is 5.75 Å². The standard InChI is InChI=1S/C13H21NO2S/c1-3-15-13(8-14)9-16-12-6-4-5-11(7-12)10-17-2/h4-7,13H,3,8-10,14H2,1-2H3. The van der Waals surface area contributed by atoms with E-state index in [1.165, 1.54) is 5.56 Å². The zero-order valence-corrected chi connectivity index (χ0v) is 11.3. The summed E-state index contributed by atoms with van der Waals surface area (Å²) in [4.78, 5) is 0. The van der Waals surface area contributed by atoms with Gasteiger partial charge >= 0.3 is 0 Å². The van der Waals surface area contributed by atoms with Crippen LogP contribution >= 0.6 is 11.8 Å². The molecule has 0 aliphatic heterocycles. The van der Waals surface area contributed by atoms with Gasteiger partial charge in [-0.15, -0.1) is 0 Å². The molecule has 0 amide bonds. The molecule has 1 rings (SSSR count). The second kappa shape index (κ2) is 8.39. The van der Waals surface area contributed by atoms with Crippen LogP contribution in [0.15, 0.2) is 24.3 Å². The molecule has 4 heteroatoms. The third-order valence-corrected chi connectivity index (χ3v) is 2.93. The van der Waals surface area contributed by atoms with Crippen LogP contribution in [0.25, 0.3) is 0 Å². The van der Waals surface area contributed by atoms with Gasteiger partial charge in [-0.25, -0.2) is 0 Å². The van der Waals surface area contributed by atoms with Crippen molar-refractivity contribution in [1.29, 1.82) is 0 Å². The molecule has 17 heavy (non-hydrogen) atoms. The highest BCUT2D eigenvalue weighted by Gasteiger charge is 2.06. The minimum absolute atomic E-state index is 0.0239. The summed E-state index contributed by atoms with van der Waals surface area (Å²) in [6.07, 6.45) is 2.07. The van der Waals surface area contributed by atoms with E-state index in [9.17, 15) is 0 Å². The monoisotopic (exact) mass is 255 g/mol. The predicted octanol–water partition coefficient (Wildman–Crippen LogP) is 2.29. The molecule has 0 aromatic heterocycles. The Morgan fingerprint density at radius 2 is 2.24 bits per heavy atom. The van der Waals surface area contributed by atoms with Crippen LogP contribution in [-0.2, 0) is 10.5 Å². The van der Waals surface area contributed by atoms with Crippen molar-refractivity contribution < 1.29 is 9.47 Å². The molecule has 0 spiro atoms. The molecular weight excluding hydrogens is 234 g/mol. The number of ether oxygens (including phenoxy) is 2. The maximum atomic E-state index is 5.68. The first-order valence-electron chi connectivity index (χ1n) is 5.82. The lowest BCUT2D eigenvalue weighted by molar-refractivity contribution is 0.0337. The Hall–Kier alpha value is -0.710. The van der Waals surface area contributed by atoms with Crippen molar-refractivity contribution in [3.05, 3.63) is 29.8 Å². The van der Waals surface area contributed by atoms with Crippen LogP contribution < -0.4 is 10.5 Å². The van der Waals surface area contributed by atoms with Gasteiger partial charge < -0.3 is 15.2 Å². The lowest BCUT2D eigenvalue weighted by Gasteiger charge is -2.16. The maximum Gasteiger partial charge on any atom is 0.119 e. The van der Waals surface area contributed by atoms with Crippen LogP contribution in [0.3, 0.4) is 0 Å². The summed E-state index contributed by atoms with van der Waals surface area (Å²) < 4.78 is 11.1. The van der Waals surface area contributed by atoms with Crippen molar-refractivity contribution >= 4 is 11.8 Å². The Bertz CT molecular complexity index is 320. The average molecular weight is 255 g/mol. The van der Waals surface area contributed by atoms with Gasteiger partial charge in [-0.2, -0.15) is 11.8 Å². The number of benzene rings is 1. The van der Waals surface area contributed by atoms with Crippen molar-refractivity contribution in [2.45, 2.75) is 18.8 Å². The number of hydrogen-bond acceptors (Lipinski definition) is 4. The van der Waals surface area contributed by atoms with Crippen LogP contribution in [0.2, 0.25) is 0 Å². The molecule has 0 saturated heterocycles. The number of hydrogen-bond donors (Lipinski definition) is 1. The smallest absolute Gasteiger partial charge is 0.119 e. The Morgan fingerprint density at radius 1 is 1.41 bits per heavy atom. The van der Waals surface area contributed by atoms with E-state index in [0.717, 1.165) is 11.5 Å². The third kappa shape index (κ3) is 5.44. The Kier molecular flexibility index (Phi) is 7.08. The van der Waals surface area contributed by atoms with E-state index in [1.807, 2.05) is 19.1 Å². The van der Waals surface area contributed by atoms with Gasteiger partial charge in [0.25, 0.3) is 0 Å². The normalized spacial score (nSPS) is 12.4. The van der Waals surface area contributed by atoms with E-state index in [0.29, 0.717) is 19.8 Å². The highest BCUT2D eigenvalue weighted by molar-refractivity contribution is 7.97. The fourth-order valence-electron chi connectivity index (χ4n) is 1.50. The largest absolute Gasteiger partial charge is 0.491 e. The van der Waals surface area contributed by atoms with E-state index in [1.54, 1.807) is 11.8 Å². The van der Waals surface area contributed by atoms with Crippen molar-refractivity contribution in [1.82, 2.24) is 0 Å². The fourth-order valence-corrected chi connectivity index (χ4v) is 2.01. The molecule has 0 aliphatic carbocycles. The topological polar surface area (TPSA) is 44.5 Å². The van der Waals surface area contributed by atoms with Gasteiger partial charge in [0.05, 0.1) is 0 Å². The number of rotatable bonds is 8. The first-order valence-corrected chi connectivity index (χ1v) is 7.21. The summed E-state index contributed by atoms with van der Waals surface area (Å²) in [6, 6.07) is 8.14. The molecule has 1 aromatic carbocycles. The van der Waals surface area contributed by atoms with Crippen molar-refractivity contribution in [3.8, 4) is 5.75 Å². The lowest BCUT2D eigenvalue weighted by Crippen LogP contribution is -2.30. The molecule has 0 bridgehead atoms. The minimum Gasteiger partial charge on any atom is -0.491 e. The van der Waals surface area contributed by atoms with Gasteiger partial charge in [-0.1, -0.05) is 12.1 Å². The maximum absolute atomic E-state index is 5.68. The molecular formula is C13H21NO2S. The molecule has 1 aromatic rings. The summed E-state index contributed by atoms with van der Waals surface area (Å²) in [5.41, 5.74) is 6.87. The Morgan fingerprint density at radius 3 is 2.88 bits per heavy atom. The predicted molar refractivity (Wildman–Crippen MR) is 73.6 cm³/mol. The fraction of sp³-hybridized carbons (Fsp3) is 0.538. The molecule has 0 fully saturated rings. The molecule has 1 unspecified atom stereocenters. The van der Waals surface area contributed by atoms with E-state index in [2.05, 4.69) is 18.4 Å². The summed E-state index contributed by atoms with van der Waals surface area (Å²) in [5.74, 6) is 1.89. The van der Waals surface area contributed by atoms with Crippen LogP contribution in [-0.4, -0.2) is 32.1 Å². The summed E-state index contributed by atoms with van der Waals surface area (Å²) in [5, 5.41) is 0. The molecule has 3 nitrogen and oxygen atoms in total. The van der Waals surface area contributed by atoms with Crippen LogP contribution in [0, 0.1) is 0 Å². The molecule has 0 saturated carbocycles. The molecule has 96 valence electrons. The van der Waals surface area contributed by atoms with E-state index >= 15 is 0 Å². The number of thioether (sulfide) groups is 1. The van der Waals surface area contributed by atoms with Gasteiger partial charge in [0.1, 0.15) is 18.5 Å². The van der Waals surface area contributed by atoms with Gasteiger partial charge in [-0.3, -0.25) is 0 Å². The first kappa shape index (κ1) is 14.4. The second-order valence-corrected chi connectivity index (χ2v) is 4.57. The van der Waals surface area contributed by atoms with Crippen LogP contribution in [0.1, 0.15) is 12.5 Å². The zero-order chi connectivity index (χ0) is 12.5. The Labute approximate surface area is 108 Å². The minimum atomic E-state index is -0.0239. The van der Waals surface area contributed by atoms with Crippen molar-refractivity contribution in [2.75, 3.05) is 26.0 Å². The quantitative estimate of drug-likeness (QED) is 0.774. The molecule has 0 aliphatic rings. The van der Waals surface area contributed by atoms with Crippen molar-refractivity contribution in [3.63, 3.8) is 0 Å². The number of nitrogens with two attached hydrogens (primary N) is 1. The summed E-state index contributed by atoms with van der Waals surface area (Å²) in [7, 11) is 0. The summed E-state index contributed by atoms with van der Waals surface area (Å²) in [6.45, 7) is 3.62. The lowest BCUT2D eigenvalue weighted by atomic mass is 10.2. The van der Waals surface area contributed by atoms with Gasteiger partial charge in [0, 0.05) is 18.9 Å².